The third-order valence-electron chi connectivity index (χ3n) is 17.6. The molecule has 0 spiro atoms. The lowest BCUT2D eigenvalue weighted by Gasteiger charge is -2.43. The largest absolute Gasteiger partial charge is 0.508 e. The third-order valence-corrected chi connectivity index (χ3v) is 21.8. The number of likely N-dealkylation sites (tertiary alicyclic amines) is 2. The maximum Gasteiger partial charge on any atom is 0.508 e. The normalized spacial score (nSPS) is 21.7. The fourth-order valence-corrected chi connectivity index (χ4v) is 17.2. The van der Waals surface area contributed by atoms with Gasteiger partial charge >= 0.3 is 6.16 Å². The maximum absolute atomic E-state index is 14.9. The second-order valence-corrected chi connectivity index (χ2v) is 30.4. The molecule has 4 aromatic heterocycles. The van der Waals surface area contributed by atoms with Gasteiger partial charge in [0.15, 0.2) is 20.4 Å². The van der Waals surface area contributed by atoms with Gasteiger partial charge in [-0.15, -0.1) is 21.5 Å². The van der Waals surface area contributed by atoms with E-state index < -0.39 is 61.8 Å². The summed E-state index contributed by atoms with van der Waals surface area (Å²) in [6, 6.07) is 22.1. The van der Waals surface area contributed by atoms with E-state index in [0.717, 1.165) is 97.6 Å². The number of phenolic OH excluding ortho intramolecular Hbond substituents is 1. The second kappa shape index (κ2) is 27.3. The molecule has 88 heavy (non-hydrogen) atoms. The van der Waals surface area contributed by atoms with Crippen LogP contribution in [0.3, 0.4) is 0 Å². The minimum Gasteiger partial charge on any atom is -0.507 e. The lowest BCUT2D eigenvalue weighted by Crippen LogP contribution is -2.54. The Morgan fingerprint density at radius 1 is 0.920 bits per heavy atom. The molecule has 4 N–H and O–H groups in total. The number of para-hydroxylation sites is 1. The van der Waals surface area contributed by atoms with E-state index in [2.05, 4.69) is 64.4 Å². The summed E-state index contributed by atoms with van der Waals surface area (Å²) < 4.78 is 53.0. The number of ether oxygens (including phenoxy) is 4. The molecule has 8 heterocycles. The molecular formula is C63H81N11O11S3. The predicted molar refractivity (Wildman–Crippen MR) is 339 cm³/mol. The Labute approximate surface area is 522 Å². The number of piperidine rings is 1. The first-order valence-electron chi connectivity index (χ1n) is 30.2. The van der Waals surface area contributed by atoms with Crippen molar-refractivity contribution in [1.82, 2.24) is 40.4 Å². The quantitative estimate of drug-likeness (QED) is 0.0398. The van der Waals surface area contributed by atoms with E-state index in [1.54, 1.807) is 50.3 Å². The molecule has 4 aliphatic heterocycles. The summed E-state index contributed by atoms with van der Waals surface area (Å²) in [5.41, 5.74) is 14.1. The Kier molecular flexibility index (Phi) is 19.8. The average Bonchev–Trinajstić information content (AvgIpc) is 1.96. The number of hydrogen-bond donors (Lipinski definition) is 3. The maximum atomic E-state index is 14.9. The fourth-order valence-electron chi connectivity index (χ4n) is 12.7. The van der Waals surface area contributed by atoms with Crippen molar-refractivity contribution >= 4 is 66.2 Å². The van der Waals surface area contributed by atoms with Gasteiger partial charge in [0.1, 0.15) is 36.5 Å². The van der Waals surface area contributed by atoms with Gasteiger partial charge in [-0.25, -0.2) is 23.2 Å². The van der Waals surface area contributed by atoms with Crippen molar-refractivity contribution in [2.24, 2.45) is 11.8 Å². The molecule has 6 aromatic rings. The zero-order valence-electron chi connectivity index (χ0n) is 51.4. The molecule has 4 aliphatic rings. The topological polar surface area (TPSA) is 271 Å². The van der Waals surface area contributed by atoms with Crippen molar-refractivity contribution in [3.8, 4) is 39.2 Å². The van der Waals surface area contributed by atoms with E-state index in [-0.39, 0.29) is 48.4 Å². The number of carbonyl (C=O) groups is 3. The summed E-state index contributed by atoms with van der Waals surface area (Å²) in [6.45, 7) is 18.8. The number of amides is 2. The van der Waals surface area contributed by atoms with Crippen molar-refractivity contribution < 1.29 is 51.4 Å². The molecule has 25 heteroatoms. The van der Waals surface area contributed by atoms with Crippen LogP contribution in [0.5, 0.6) is 17.5 Å². The Morgan fingerprint density at radius 2 is 1.66 bits per heavy atom. The highest BCUT2D eigenvalue weighted by molar-refractivity contribution is 8.72. The van der Waals surface area contributed by atoms with Gasteiger partial charge in [-0.3, -0.25) is 14.5 Å². The van der Waals surface area contributed by atoms with E-state index in [0.29, 0.717) is 58.9 Å². The number of nitrogens with zero attached hydrogens (tertiary/aromatic N) is 9. The molecule has 2 amide bonds. The van der Waals surface area contributed by atoms with Crippen LogP contribution in [0.15, 0.2) is 89.0 Å². The van der Waals surface area contributed by atoms with Crippen molar-refractivity contribution in [3.05, 3.63) is 102 Å². The first kappa shape index (κ1) is 63.8. The highest BCUT2D eigenvalue weighted by atomic mass is 33.1. The van der Waals surface area contributed by atoms with Crippen LogP contribution >= 0.6 is 22.1 Å². The van der Waals surface area contributed by atoms with E-state index in [1.807, 2.05) is 81.9 Å². The molecular weight excluding hydrogens is 1180 g/mol. The van der Waals surface area contributed by atoms with E-state index >= 15 is 0 Å². The minimum absolute atomic E-state index is 0.0110. The number of nitrogen functional groups attached to an aromatic ring is 1. The van der Waals surface area contributed by atoms with Gasteiger partial charge in [-0.1, -0.05) is 50.2 Å². The number of piperazine rings is 1. The molecule has 472 valence electrons. The number of aryl methyl sites for hydroxylation is 1. The molecule has 2 aromatic carbocycles. The summed E-state index contributed by atoms with van der Waals surface area (Å²) in [6.07, 6.45) is 4.95. The highest BCUT2D eigenvalue weighted by Crippen LogP contribution is 2.41. The minimum atomic E-state index is -3.48. The standard InChI is InChI=1S/C63H81N11O11S3/c1-37(2)57(61(77)73-35-48(84-62(78)83-41(6)63(7,8)87-88(9,79)80)30-52(73)60(76)67-39(4)43-14-16-44(17-15-43)58-40(5)66-36-86-58)54-32-56(70-85-54)81-26-22-42-21-24-71(38(3)28-42)25-27-82-55-29-45(20-23-65-55)74-46-18-19-47(74)34-72(33-46)51-31-50(68-69-59(51)64)49-12-10-11-13-53(49)75/h10-17,20,23,29,31-32,36-39,41-42,46-48,52,57,75H,18-19,21-22,24-28,30,33-35H2,1-9H3,(H2,64,69)(H,67,76)/t38-,39+,41?,42?,46?,47?,48-,52+,57-/m1/s1. The Morgan fingerprint density at radius 3 is 2.35 bits per heavy atom. The van der Waals surface area contributed by atoms with Gasteiger partial charge in [0.05, 0.1) is 51.4 Å². The molecule has 22 nitrogen and oxygen atoms in total. The SMILES string of the molecule is Cc1ncsc1-c1ccc([C@H](C)NC(=O)[C@@H]2C[C@@H](OC(=O)OC(C)C(C)(C)SS(C)(=O)=O)CN2C(=O)[C@@H](c2cc(OCCC3CCN(CCOc4cc(N5C6CCC5CN(c5cc(-c7ccccc7O)nnc5N)C6)ccn4)[C@H](C)C3)no2)C(C)C)cc1. The zero-order valence-corrected chi connectivity index (χ0v) is 53.9. The summed E-state index contributed by atoms with van der Waals surface area (Å²) in [4.78, 5) is 61.3. The van der Waals surface area contributed by atoms with E-state index in [1.165, 1.54) is 4.90 Å². The summed E-state index contributed by atoms with van der Waals surface area (Å²) in [5.74, 6) is 0.0719. The Bertz CT molecular complexity index is 3520. The van der Waals surface area contributed by atoms with Crippen molar-refractivity contribution in [1.29, 1.82) is 0 Å². The molecule has 0 radical (unpaired) electrons. The molecule has 4 unspecified atom stereocenters. The lowest BCUT2D eigenvalue weighted by atomic mass is 9.89. The van der Waals surface area contributed by atoms with Crippen molar-refractivity contribution in [2.45, 2.75) is 147 Å². The summed E-state index contributed by atoms with van der Waals surface area (Å²) in [5, 5.41) is 26.4. The third kappa shape index (κ3) is 15.1. The number of nitrogens with one attached hydrogen (secondary N) is 1. The van der Waals surface area contributed by atoms with Crippen LogP contribution in [-0.4, -0.2) is 160 Å². The first-order valence-corrected chi connectivity index (χ1v) is 34.3. The van der Waals surface area contributed by atoms with Gasteiger partial charge in [-0.2, -0.15) is 0 Å². The average molecular weight is 1260 g/mol. The van der Waals surface area contributed by atoms with Crippen LogP contribution in [0.2, 0.25) is 0 Å². The lowest BCUT2D eigenvalue weighted by molar-refractivity contribution is -0.141. The monoisotopic (exact) mass is 1260 g/mol. The second-order valence-electron chi connectivity index (χ2n) is 24.6. The smallest absolute Gasteiger partial charge is 0.507 e. The molecule has 9 atom stereocenters. The number of fused-ring (bicyclic) bond motifs is 2. The van der Waals surface area contributed by atoms with Gasteiger partial charge < -0.3 is 54.3 Å². The number of thiazole rings is 1. The van der Waals surface area contributed by atoms with Crippen LogP contribution in [0, 0.1) is 18.8 Å². The fraction of sp³-hybridized carbons (Fsp3) is 0.524. The van der Waals surface area contributed by atoms with Crippen LogP contribution in [-0.2, 0) is 27.9 Å². The zero-order chi connectivity index (χ0) is 62.6. The number of aromatic nitrogens is 5. The summed E-state index contributed by atoms with van der Waals surface area (Å²) >= 11 is 1.56. The molecule has 0 saturated carbocycles. The van der Waals surface area contributed by atoms with Crippen molar-refractivity contribution in [2.75, 3.05) is 67.7 Å². The predicted octanol–water partition coefficient (Wildman–Crippen LogP) is 9.65. The number of carbonyl (C=O) groups excluding carboxylic acids is 3. The van der Waals surface area contributed by atoms with Gasteiger partial charge in [0.2, 0.25) is 17.7 Å². The molecule has 4 saturated heterocycles. The first-order chi connectivity index (χ1) is 42.0. The highest BCUT2D eigenvalue weighted by Gasteiger charge is 2.47. The van der Waals surface area contributed by atoms with Crippen LogP contribution in [0.4, 0.5) is 22.0 Å². The van der Waals surface area contributed by atoms with E-state index in [9.17, 15) is 27.9 Å². The van der Waals surface area contributed by atoms with Gasteiger partial charge in [0.25, 0.3) is 5.88 Å². The van der Waals surface area contributed by atoms with Crippen LogP contribution < -0.4 is 30.3 Å². The number of pyridine rings is 1. The van der Waals surface area contributed by atoms with E-state index in [4.69, 9.17) is 29.2 Å². The number of anilines is 3. The Balaban J connectivity index is 0.706. The number of rotatable bonds is 23. The number of aromatic hydroxyl groups is 1. The molecule has 2 bridgehead atoms. The number of hydrogen-bond acceptors (Lipinski definition) is 22. The number of phenols is 1. The van der Waals surface area contributed by atoms with Crippen molar-refractivity contribution in [3.63, 3.8) is 0 Å². The van der Waals surface area contributed by atoms with Crippen LogP contribution in [0.25, 0.3) is 21.7 Å². The van der Waals surface area contributed by atoms with Gasteiger partial charge in [0, 0.05) is 80.0 Å². The molecule has 0 aliphatic carbocycles. The number of benzene rings is 2. The number of nitrogens with two attached hydrogens (primary N) is 1. The Hall–Kier alpha value is -7.22. The van der Waals surface area contributed by atoms with Gasteiger partial charge in [-0.05, 0) is 143 Å². The van der Waals surface area contributed by atoms with Crippen LogP contribution in [0.1, 0.15) is 116 Å². The molecule has 4 fully saturated rings. The summed E-state index contributed by atoms with van der Waals surface area (Å²) in [7, 11) is -2.80. The molecule has 10 rings (SSSR count).